The van der Waals surface area contributed by atoms with Gasteiger partial charge in [-0.3, -0.25) is 4.79 Å². The number of hydrogen-bond donors (Lipinski definition) is 1. The van der Waals surface area contributed by atoms with Gasteiger partial charge in [-0.25, -0.2) is 4.39 Å². The summed E-state index contributed by atoms with van der Waals surface area (Å²) in [6, 6.07) is 11.8. The number of rotatable bonds is 4. The first-order valence-corrected chi connectivity index (χ1v) is 6.79. The molecule has 5 heteroatoms. The van der Waals surface area contributed by atoms with Crippen molar-refractivity contribution in [2.24, 2.45) is 0 Å². The normalized spacial score (nSPS) is 10.2. The highest BCUT2D eigenvalue weighted by atomic mass is 79.9. The van der Waals surface area contributed by atoms with Crippen LogP contribution in [-0.2, 0) is 4.79 Å². The van der Waals surface area contributed by atoms with Gasteiger partial charge in [-0.2, -0.15) is 0 Å². The number of anilines is 1. The lowest BCUT2D eigenvalue weighted by Crippen LogP contribution is -2.20. The van der Waals surface area contributed by atoms with Gasteiger partial charge in [0.05, 0.1) is 5.69 Å². The number of benzene rings is 2. The smallest absolute Gasteiger partial charge is 0.262 e. The molecule has 0 unspecified atom stereocenters. The minimum atomic E-state index is -0.353. The number of para-hydroxylation sites is 1. The van der Waals surface area contributed by atoms with Gasteiger partial charge in [0, 0.05) is 10.5 Å². The van der Waals surface area contributed by atoms with Gasteiger partial charge in [0.2, 0.25) is 0 Å². The quantitative estimate of drug-likeness (QED) is 0.918. The van der Waals surface area contributed by atoms with Crippen LogP contribution in [-0.4, -0.2) is 12.5 Å². The van der Waals surface area contributed by atoms with E-state index in [9.17, 15) is 9.18 Å². The Labute approximate surface area is 124 Å². The van der Waals surface area contributed by atoms with Crippen LogP contribution in [0.3, 0.4) is 0 Å². The first kappa shape index (κ1) is 14.5. The van der Waals surface area contributed by atoms with Crippen molar-refractivity contribution < 1.29 is 13.9 Å². The molecule has 0 radical (unpaired) electrons. The summed E-state index contributed by atoms with van der Waals surface area (Å²) < 4.78 is 19.4. The number of carbonyl (C=O) groups is 1. The number of aryl methyl sites for hydroxylation is 1. The lowest BCUT2D eigenvalue weighted by molar-refractivity contribution is -0.118. The van der Waals surface area contributed by atoms with Gasteiger partial charge in [0.1, 0.15) is 11.6 Å². The van der Waals surface area contributed by atoms with Gasteiger partial charge in [0.25, 0.3) is 5.91 Å². The third-order valence-electron chi connectivity index (χ3n) is 2.66. The van der Waals surface area contributed by atoms with E-state index >= 15 is 0 Å². The van der Waals surface area contributed by atoms with Gasteiger partial charge in [-0.1, -0.05) is 18.2 Å². The Morgan fingerprint density at radius 2 is 2.05 bits per heavy atom. The molecular weight excluding hydrogens is 325 g/mol. The fraction of sp³-hybridized carbons (Fsp3) is 0.133. The molecule has 0 saturated carbocycles. The summed E-state index contributed by atoms with van der Waals surface area (Å²) in [4.78, 5) is 11.7. The Morgan fingerprint density at radius 1 is 1.30 bits per heavy atom. The van der Waals surface area contributed by atoms with Crippen LogP contribution in [0, 0.1) is 12.7 Å². The van der Waals surface area contributed by atoms with E-state index in [1.54, 1.807) is 25.1 Å². The zero-order valence-corrected chi connectivity index (χ0v) is 12.4. The molecule has 0 aromatic heterocycles. The topological polar surface area (TPSA) is 38.3 Å². The maximum absolute atomic E-state index is 13.3. The molecule has 0 atom stereocenters. The Kier molecular flexibility index (Phi) is 4.74. The van der Waals surface area contributed by atoms with Crippen molar-refractivity contribution in [1.82, 2.24) is 0 Å². The van der Waals surface area contributed by atoms with Crippen molar-refractivity contribution in [1.29, 1.82) is 0 Å². The first-order chi connectivity index (χ1) is 9.56. The molecule has 2 aromatic carbocycles. The van der Waals surface area contributed by atoms with Gasteiger partial charge in [-0.15, -0.1) is 0 Å². The summed E-state index contributed by atoms with van der Waals surface area (Å²) in [5.41, 5.74) is 1.20. The van der Waals surface area contributed by atoms with Gasteiger partial charge >= 0.3 is 0 Å². The summed E-state index contributed by atoms with van der Waals surface area (Å²) in [6.07, 6.45) is 0. The second-order valence-corrected chi connectivity index (χ2v) is 5.08. The molecule has 0 aliphatic carbocycles. The molecule has 3 nitrogen and oxygen atoms in total. The van der Waals surface area contributed by atoms with Crippen molar-refractivity contribution in [3.05, 3.63) is 58.3 Å². The summed E-state index contributed by atoms with van der Waals surface area (Å²) >= 11 is 3.33. The van der Waals surface area contributed by atoms with Crippen LogP contribution in [0.1, 0.15) is 5.56 Å². The standard InChI is InChI=1S/C15H13BrFNO2/c1-10-6-7-11(8-13(10)17)20-9-15(19)18-14-5-3-2-4-12(14)16/h2-8H,9H2,1H3,(H,18,19). The van der Waals surface area contributed by atoms with Crippen LogP contribution in [0.2, 0.25) is 0 Å². The van der Waals surface area contributed by atoms with Crippen molar-refractivity contribution in [3.8, 4) is 5.75 Å². The highest BCUT2D eigenvalue weighted by Crippen LogP contribution is 2.21. The average Bonchev–Trinajstić information content (AvgIpc) is 2.43. The minimum Gasteiger partial charge on any atom is -0.484 e. The van der Waals surface area contributed by atoms with Crippen LogP contribution >= 0.6 is 15.9 Å². The SMILES string of the molecule is Cc1ccc(OCC(=O)Nc2ccccc2Br)cc1F. The van der Waals surface area contributed by atoms with Gasteiger partial charge < -0.3 is 10.1 Å². The molecule has 104 valence electrons. The zero-order chi connectivity index (χ0) is 14.5. The van der Waals surface area contributed by atoms with Crippen molar-refractivity contribution >= 4 is 27.5 Å². The highest BCUT2D eigenvalue weighted by Gasteiger charge is 2.07. The Bertz CT molecular complexity index is 631. The van der Waals surface area contributed by atoms with Crippen LogP contribution in [0.15, 0.2) is 46.9 Å². The number of ether oxygens (including phenoxy) is 1. The highest BCUT2D eigenvalue weighted by molar-refractivity contribution is 9.10. The van der Waals surface area contributed by atoms with Gasteiger partial charge in [-0.05, 0) is 46.6 Å². The van der Waals surface area contributed by atoms with E-state index < -0.39 is 0 Å². The monoisotopic (exact) mass is 337 g/mol. The summed E-state index contributed by atoms with van der Waals surface area (Å²) in [7, 11) is 0. The van der Waals surface area contributed by atoms with Crippen molar-refractivity contribution in [2.75, 3.05) is 11.9 Å². The molecule has 0 aliphatic rings. The Hall–Kier alpha value is -1.88. The van der Waals surface area contributed by atoms with Gasteiger partial charge in [0.15, 0.2) is 6.61 Å². The van der Waals surface area contributed by atoms with E-state index in [0.717, 1.165) is 4.47 Å². The maximum Gasteiger partial charge on any atom is 0.262 e. The molecule has 0 fully saturated rings. The van der Waals surface area contributed by atoms with Crippen LogP contribution < -0.4 is 10.1 Å². The van der Waals surface area contributed by atoms with E-state index in [2.05, 4.69) is 21.2 Å². The lowest BCUT2D eigenvalue weighted by Gasteiger charge is -2.09. The molecule has 2 rings (SSSR count). The number of amides is 1. The van der Waals surface area contributed by atoms with Crippen LogP contribution in [0.4, 0.5) is 10.1 Å². The zero-order valence-electron chi connectivity index (χ0n) is 10.8. The largest absolute Gasteiger partial charge is 0.484 e. The number of hydrogen-bond acceptors (Lipinski definition) is 2. The van der Waals surface area contributed by atoms with E-state index in [1.165, 1.54) is 6.07 Å². The molecule has 1 N–H and O–H groups in total. The molecule has 0 bridgehead atoms. The second kappa shape index (κ2) is 6.52. The molecule has 2 aromatic rings. The van der Waals surface area contributed by atoms with E-state index in [0.29, 0.717) is 17.0 Å². The summed E-state index contributed by atoms with van der Waals surface area (Å²) in [5, 5.41) is 2.70. The fourth-order valence-corrected chi connectivity index (χ4v) is 1.95. The van der Waals surface area contributed by atoms with Crippen molar-refractivity contribution in [2.45, 2.75) is 6.92 Å². The van der Waals surface area contributed by atoms with Crippen LogP contribution in [0.5, 0.6) is 5.75 Å². The third-order valence-corrected chi connectivity index (χ3v) is 3.35. The maximum atomic E-state index is 13.3. The summed E-state index contributed by atoms with van der Waals surface area (Å²) in [6.45, 7) is 1.49. The number of carbonyl (C=O) groups excluding carboxylic acids is 1. The fourth-order valence-electron chi connectivity index (χ4n) is 1.56. The predicted octanol–water partition coefficient (Wildman–Crippen LogP) is 3.91. The molecular formula is C15H13BrFNO2. The number of nitrogens with one attached hydrogen (secondary N) is 1. The second-order valence-electron chi connectivity index (χ2n) is 4.23. The Balaban J connectivity index is 1.92. The molecule has 0 heterocycles. The molecule has 0 aliphatic heterocycles. The van der Waals surface area contributed by atoms with Crippen LogP contribution in [0.25, 0.3) is 0 Å². The lowest BCUT2D eigenvalue weighted by atomic mass is 10.2. The molecule has 20 heavy (non-hydrogen) atoms. The van der Waals surface area contributed by atoms with E-state index in [1.807, 2.05) is 18.2 Å². The average molecular weight is 338 g/mol. The predicted molar refractivity (Wildman–Crippen MR) is 79.4 cm³/mol. The Morgan fingerprint density at radius 3 is 2.75 bits per heavy atom. The third kappa shape index (κ3) is 3.81. The van der Waals surface area contributed by atoms with E-state index in [-0.39, 0.29) is 18.3 Å². The van der Waals surface area contributed by atoms with E-state index in [4.69, 9.17) is 4.74 Å². The molecule has 1 amide bonds. The minimum absolute atomic E-state index is 0.177. The molecule has 0 spiro atoms. The first-order valence-electron chi connectivity index (χ1n) is 5.99. The summed E-state index contributed by atoms with van der Waals surface area (Å²) in [5.74, 6) is -0.332. The molecule has 0 saturated heterocycles. The van der Waals surface area contributed by atoms with Crippen molar-refractivity contribution in [3.63, 3.8) is 0 Å². The number of halogens is 2.